The summed E-state index contributed by atoms with van der Waals surface area (Å²) in [6, 6.07) is 24.5. The van der Waals surface area contributed by atoms with E-state index < -0.39 is 5.91 Å². The van der Waals surface area contributed by atoms with Gasteiger partial charge in [-0.25, -0.2) is 15.8 Å². The van der Waals surface area contributed by atoms with E-state index in [1.165, 1.54) is 11.1 Å². The second kappa shape index (κ2) is 7.00. The number of aromatic nitrogens is 2. The van der Waals surface area contributed by atoms with Crippen LogP contribution in [0.25, 0.3) is 22.0 Å². The highest BCUT2D eigenvalue weighted by molar-refractivity contribution is 5.92. The Balaban J connectivity index is 1.60. The van der Waals surface area contributed by atoms with Crippen LogP contribution in [-0.4, -0.2) is 15.9 Å². The minimum atomic E-state index is -0.509. The van der Waals surface area contributed by atoms with Gasteiger partial charge in [0.25, 0.3) is 0 Å². The summed E-state index contributed by atoms with van der Waals surface area (Å²) in [7, 11) is 0. The fourth-order valence-corrected chi connectivity index (χ4v) is 3.75. The molecule has 0 bridgehead atoms. The van der Waals surface area contributed by atoms with E-state index in [4.69, 9.17) is 5.84 Å². The van der Waals surface area contributed by atoms with Gasteiger partial charge in [-0.2, -0.15) is 0 Å². The molecule has 0 spiro atoms. The Hall–Kier alpha value is -3.77. The van der Waals surface area contributed by atoms with Crippen LogP contribution in [0.2, 0.25) is 0 Å². The first-order valence-electron chi connectivity index (χ1n) is 9.42. The third kappa shape index (κ3) is 3.19. The molecule has 0 radical (unpaired) electrons. The molecule has 4 aromatic rings. The summed E-state index contributed by atoms with van der Waals surface area (Å²) < 4.78 is 0. The normalized spacial score (nSPS) is 12.8. The summed E-state index contributed by atoms with van der Waals surface area (Å²) in [4.78, 5) is 23.3. The van der Waals surface area contributed by atoms with Crippen molar-refractivity contribution in [1.29, 1.82) is 0 Å². The Morgan fingerprint density at radius 2 is 1.55 bits per heavy atom. The quantitative estimate of drug-likeness (QED) is 0.323. The average molecular weight is 381 g/mol. The van der Waals surface area contributed by atoms with Gasteiger partial charge in [0, 0.05) is 24.7 Å². The molecule has 0 fully saturated rings. The molecule has 5 rings (SSSR count). The predicted octanol–water partition coefficient (Wildman–Crippen LogP) is 3.42. The molecule has 0 aliphatic carbocycles. The van der Waals surface area contributed by atoms with Gasteiger partial charge in [0.15, 0.2) is 0 Å². The molecule has 3 aromatic carbocycles. The second-order valence-electron chi connectivity index (χ2n) is 7.10. The summed E-state index contributed by atoms with van der Waals surface area (Å²) >= 11 is 0. The third-order valence-corrected chi connectivity index (χ3v) is 5.26. The Morgan fingerprint density at radius 3 is 2.28 bits per heavy atom. The van der Waals surface area contributed by atoms with Crippen LogP contribution in [0.3, 0.4) is 0 Å². The maximum Gasteiger partial charge on any atom is 0.303 e. The Kier molecular flexibility index (Phi) is 4.18. The minimum absolute atomic E-state index is 0.0594. The van der Waals surface area contributed by atoms with Crippen LogP contribution in [0.4, 0.5) is 5.82 Å². The van der Waals surface area contributed by atoms with Gasteiger partial charge in [-0.15, -0.1) is 0 Å². The monoisotopic (exact) mass is 381 g/mol. The van der Waals surface area contributed by atoms with Gasteiger partial charge in [0.05, 0.1) is 5.69 Å². The number of fused-ring (bicyclic) bond motifs is 2. The summed E-state index contributed by atoms with van der Waals surface area (Å²) in [5.74, 6) is 5.60. The smallest absolute Gasteiger partial charge is 0.303 e. The number of nitrogens with one attached hydrogen (secondary N) is 1. The minimum Gasteiger partial charge on any atom is -0.348 e. The standard InChI is InChI=1S/C23H19N5O/c24-27-23(29)22-25-20(17-10-9-15-5-1-2-6-16(15)11-17)12-21(26-22)28-13-18-7-3-4-8-19(18)14-28/h1-12H,13-14,24H2,(H,27,29). The summed E-state index contributed by atoms with van der Waals surface area (Å²) in [6.45, 7) is 1.49. The highest BCUT2D eigenvalue weighted by Crippen LogP contribution is 2.30. The van der Waals surface area contributed by atoms with Gasteiger partial charge < -0.3 is 4.90 Å². The molecule has 1 aliphatic heterocycles. The summed E-state index contributed by atoms with van der Waals surface area (Å²) in [6.07, 6.45) is 0. The molecule has 29 heavy (non-hydrogen) atoms. The van der Waals surface area contributed by atoms with Crippen LogP contribution in [0.15, 0.2) is 72.8 Å². The number of nitrogens with zero attached hydrogens (tertiary/aromatic N) is 3. The molecule has 0 saturated carbocycles. The largest absolute Gasteiger partial charge is 0.348 e. The van der Waals surface area contributed by atoms with Crippen LogP contribution >= 0.6 is 0 Å². The van der Waals surface area contributed by atoms with E-state index in [2.05, 4.69) is 56.7 Å². The molecule has 1 aliphatic rings. The van der Waals surface area contributed by atoms with Crippen molar-refractivity contribution < 1.29 is 4.79 Å². The van der Waals surface area contributed by atoms with E-state index in [1.54, 1.807) is 0 Å². The van der Waals surface area contributed by atoms with E-state index in [0.717, 1.165) is 29.4 Å². The maximum absolute atomic E-state index is 12.2. The lowest BCUT2D eigenvalue weighted by atomic mass is 10.0. The lowest BCUT2D eigenvalue weighted by molar-refractivity contribution is 0.0943. The number of hydrazine groups is 1. The highest BCUT2D eigenvalue weighted by atomic mass is 16.2. The van der Waals surface area contributed by atoms with Crippen molar-refractivity contribution in [3.05, 3.63) is 89.7 Å². The summed E-state index contributed by atoms with van der Waals surface area (Å²) in [5.41, 5.74) is 6.29. The van der Waals surface area contributed by atoms with E-state index >= 15 is 0 Å². The van der Waals surface area contributed by atoms with Crippen LogP contribution in [0, 0.1) is 0 Å². The second-order valence-corrected chi connectivity index (χ2v) is 7.10. The molecule has 6 heteroatoms. The molecule has 2 heterocycles. The number of amides is 1. The van der Waals surface area contributed by atoms with Gasteiger partial charge in [-0.1, -0.05) is 60.7 Å². The highest BCUT2D eigenvalue weighted by Gasteiger charge is 2.22. The molecular formula is C23H19N5O. The number of hydrogen-bond donors (Lipinski definition) is 2. The topological polar surface area (TPSA) is 84.1 Å². The van der Waals surface area contributed by atoms with Gasteiger partial charge >= 0.3 is 5.91 Å². The molecule has 6 nitrogen and oxygen atoms in total. The average Bonchev–Trinajstić information content (AvgIpc) is 3.22. The zero-order valence-corrected chi connectivity index (χ0v) is 15.7. The van der Waals surface area contributed by atoms with E-state index in [1.807, 2.05) is 36.4 Å². The van der Waals surface area contributed by atoms with Gasteiger partial charge in [0.1, 0.15) is 5.82 Å². The van der Waals surface area contributed by atoms with Crippen LogP contribution in [0.1, 0.15) is 21.7 Å². The van der Waals surface area contributed by atoms with Gasteiger partial charge in [0.2, 0.25) is 5.82 Å². The molecule has 142 valence electrons. The van der Waals surface area contributed by atoms with Crippen LogP contribution in [-0.2, 0) is 13.1 Å². The van der Waals surface area contributed by atoms with Crippen molar-refractivity contribution in [3.63, 3.8) is 0 Å². The first kappa shape index (κ1) is 17.3. The van der Waals surface area contributed by atoms with E-state index in [-0.39, 0.29) is 5.82 Å². The molecule has 0 unspecified atom stereocenters. The fourth-order valence-electron chi connectivity index (χ4n) is 3.75. The van der Waals surface area contributed by atoms with Gasteiger partial charge in [-0.3, -0.25) is 10.2 Å². The summed E-state index contributed by atoms with van der Waals surface area (Å²) in [5, 5.41) is 2.27. The molecular weight excluding hydrogens is 362 g/mol. The first-order chi connectivity index (χ1) is 14.2. The SMILES string of the molecule is NNC(=O)c1nc(-c2ccc3ccccc3c2)cc(N2Cc3ccccc3C2)n1. The van der Waals surface area contributed by atoms with E-state index in [0.29, 0.717) is 11.5 Å². The molecule has 0 saturated heterocycles. The van der Waals surface area contributed by atoms with Gasteiger partial charge in [-0.05, 0) is 28.0 Å². The van der Waals surface area contributed by atoms with Crippen molar-refractivity contribution >= 4 is 22.5 Å². The number of benzene rings is 3. The number of hydrogen-bond acceptors (Lipinski definition) is 5. The van der Waals surface area contributed by atoms with Crippen molar-refractivity contribution in [3.8, 4) is 11.3 Å². The molecule has 1 amide bonds. The Bertz CT molecular complexity index is 1210. The maximum atomic E-state index is 12.2. The lowest BCUT2D eigenvalue weighted by Crippen LogP contribution is -2.32. The number of nitrogens with two attached hydrogens (primary N) is 1. The van der Waals surface area contributed by atoms with Crippen molar-refractivity contribution in [2.24, 2.45) is 5.84 Å². The number of carbonyl (C=O) groups excluding carboxylic acids is 1. The molecule has 0 atom stereocenters. The lowest BCUT2D eigenvalue weighted by Gasteiger charge is -2.18. The molecule has 3 N–H and O–H groups in total. The predicted molar refractivity (Wildman–Crippen MR) is 113 cm³/mol. The van der Waals surface area contributed by atoms with Crippen LogP contribution in [0.5, 0.6) is 0 Å². The Morgan fingerprint density at radius 1 is 0.862 bits per heavy atom. The Labute approximate surface area is 168 Å². The van der Waals surface area contributed by atoms with Crippen LogP contribution < -0.4 is 16.2 Å². The van der Waals surface area contributed by atoms with Crippen molar-refractivity contribution in [2.75, 3.05) is 4.90 Å². The number of rotatable bonds is 3. The van der Waals surface area contributed by atoms with Crippen molar-refractivity contribution in [1.82, 2.24) is 15.4 Å². The number of anilines is 1. The van der Waals surface area contributed by atoms with E-state index in [9.17, 15) is 4.79 Å². The third-order valence-electron chi connectivity index (χ3n) is 5.26. The fraction of sp³-hybridized carbons (Fsp3) is 0.0870. The molecule has 1 aromatic heterocycles. The number of carbonyl (C=O) groups is 1. The first-order valence-corrected chi connectivity index (χ1v) is 9.42. The number of nitrogen functional groups attached to an aromatic ring is 1. The zero-order chi connectivity index (χ0) is 19.8. The zero-order valence-electron chi connectivity index (χ0n) is 15.7. The van der Waals surface area contributed by atoms with Crippen molar-refractivity contribution in [2.45, 2.75) is 13.1 Å².